The van der Waals surface area contributed by atoms with Gasteiger partial charge in [0.25, 0.3) is 5.56 Å². The maximum atomic E-state index is 14.1. The summed E-state index contributed by atoms with van der Waals surface area (Å²) in [5.74, 6) is -0.00132. The van der Waals surface area contributed by atoms with Crippen LogP contribution in [0.4, 0.5) is 0 Å². The van der Waals surface area contributed by atoms with Crippen LogP contribution in [-0.2, 0) is 9.53 Å². The fourth-order valence-electron chi connectivity index (χ4n) is 4.70. The lowest BCUT2D eigenvalue weighted by atomic mass is 9.93. The summed E-state index contributed by atoms with van der Waals surface area (Å²) in [6, 6.07) is 22.1. The normalized spacial score (nSPS) is 14.9. The van der Waals surface area contributed by atoms with E-state index in [2.05, 4.69) is 9.97 Å². The van der Waals surface area contributed by atoms with Crippen LogP contribution in [0.1, 0.15) is 35.5 Å². The van der Waals surface area contributed by atoms with Crippen LogP contribution < -0.4 is 14.9 Å². The van der Waals surface area contributed by atoms with E-state index in [-0.39, 0.29) is 12.2 Å². The second-order valence-corrected chi connectivity index (χ2v) is 12.3. The Bertz CT molecular complexity index is 2010. The van der Waals surface area contributed by atoms with Crippen molar-refractivity contribution in [1.29, 1.82) is 0 Å². The van der Waals surface area contributed by atoms with Gasteiger partial charge in [0, 0.05) is 28.4 Å². The number of thioether (sulfide) groups is 1. The molecule has 8 nitrogen and oxygen atoms in total. The van der Waals surface area contributed by atoms with E-state index in [9.17, 15) is 9.59 Å². The monoisotopic (exact) mass is 626 g/mol. The van der Waals surface area contributed by atoms with Gasteiger partial charge in [-0.3, -0.25) is 9.36 Å². The summed E-state index contributed by atoms with van der Waals surface area (Å²) >= 11 is 4.17. The second kappa shape index (κ2) is 12.6. The van der Waals surface area contributed by atoms with Gasteiger partial charge in [-0.15, -0.1) is 11.8 Å². The number of esters is 1. The van der Waals surface area contributed by atoms with Gasteiger partial charge in [-0.05, 0) is 67.8 Å². The number of ether oxygens (including phenoxy) is 1. The molecular formula is C32H26N4O4S3. The number of benzene rings is 2. The second-order valence-electron chi connectivity index (χ2n) is 9.44. The first-order valence-electron chi connectivity index (χ1n) is 13.4. The number of nitrogens with zero attached hydrogens (tertiary/aromatic N) is 4. The predicted octanol–water partition coefficient (Wildman–Crippen LogP) is 5.50. The number of hydrogen-bond donors (Lipinski definition) is 0. The van der Waals surface area contributed by atoms with E-state index in [0.29, 0.717) is 36.6 Å². The highest BCUT2D eigenvalue weighted by Crippen LogP contribution is 2.35. The van der Waals surface area contributed by atoms with Crippen molar-refractivity contribution < 1.29 is 13.9 Å². The van der Waals surface area contributed by atoms with Crippen molar-refractivity contribution >= 4 is 52.6 Å². The number of furan rings is 1. The fourth-order valence-corrected chi connectivity index (χ4v) is 6.85. The molecule has 1 atom stereocenters. The van der Waals surface area contributed by atoms with Crippen molar-refractivity contribution in [3.63, 3.8) is 0 Å². The van der Waals surface area contributed by atoms with Crippen LogP contribution >= 0.6 is 34.9 Å². The van der Waals surface area contributed by atoms with Crippen LogP contribution in [-0.4, -0.2) is 33.4 Å². The van der Waals surface area contributed by atoms with Crippen molar-refractivity contribution in [2.24, 2.45) is 4.99 Å². The quantitative estimate of drug-likeness (QED) is 0.127. The predicted molar refractivity (Wildman–Crippen MR) is 169 cm³/mol. The average Bonchev–Trinajstić information content (AvgIpc) is 3.59. The largest absolute Gasteiger partial charge is 0.463 e. The summed E-state index contributed by atoms with van der Waals surface area (Å²) < 4.78 is 13.6. The molecule has 0 radical (unpaired) electrons. The van der Waals surface area contributed by atoms with Gasteiger partial charge in [0.1, 0.15) is 5.76 Å². The number of carbonyl (C=O) groups is 1. The Balaban J connectivity index is 1.51. The third-order valence-corrected chi connectivity index (χ3v) is 9.17. The first kappa shape index (κ1) is 28.9. The molecule has 1 aliphatic rings. The van der Waals surface area contributed by atoms with E-state index in [1.807, 2.05) is 79.9 Å². The highest BCUT2D eigenvalue weighted by molar-refractivity contribution is 7.99. The molecule has 2 aromatic carbocycles. The van der Waals surface area contributed by atoms with Crippen molar-refractivity contribution in [2.75, 3.05) is 12.9 Å². The van der Waals surface area contributed by atoms with Crippen LogP contribution in [0, 0.1) is 6.92 Å². The van der Waals surface area contributed by atoms with Gasteiger partial charge >= 0.3 is 5.97 Å². The lowest BCUT2D eigenvalue weighted by Crippen LogP contribution is -2.40. The molecule has 216 valence electrons. The summed E-state index contributed by atoms with van der Waals surface area (Å²) in [6.07, 6.45) is 5.41. The number of carbonyl (C=O) groups excluding carboxylic acids is 1. The van der Waals surface area contributed by atoms with Crippen LogP contribution in [0.25, 0.3) is 11.8 Å². The summed E-state index contributed by atoms with van der Waals surface area (Å²) in [5.41, 5.74) is 2.94. The Morgan fingerprint density at radius 2 is 1.88 bits per heavy atom. The molecule has 4 heterocycles. The van der Waals surface area contributed by atoms with Crippen molar-refractivity contribution in [3.8, 4) is 0 Å². The van der Waals surface area contributed by atoms with Crippen molar-refractivity contribution in [2.45, 2.75) is 35.0 Å². The first-order chi connectivity index (χ1) is 20.9. The van der Waals surface area contributed by atoms with Gasteiger partial charge in [-0.1, -0.05) is 53.8 Å². The molecule has 0 saturated carbocycles. The highest BCUT2D eigenvalue weighted by atomic mass is 32.2. The molecule has 0 spiro atoms. The van der Waals surface area contributed by atoms with Gasteiger partial charge in [0.2, 0.25) is 0 Å². The van der Waals surface area contributed by atoms with Crippen LogP contribution in [0.3, 0.4) is 0 Å². The Hall–Kier alpha value is -4.19. The third kappa shape index (κ3) is 6.01. The maximum Gasteiger partial charge on any atom is 0.338 e. The van der Waals surface area contributed by atoms with Crippen molar-refractivity contribution in [3.05, 3.63) is 127 Å². The van der Waals surface area contributed by atoms with Gasteiger partial charge in [0.15, 0.2) is 15.1 Å². The van der Waals surface area contributed by atoms with Gasteiger partial charge in [-0.25, -0.2) is 19.8 Å². The van der Waals surface area contributed by atoms with Gasteiger partial charge < -0.3 is 9.15 Å². The van der Waals surface area contributed by atoms with Crippen LogP contribution in [0.2, 0.25) is 0 Å². The van der Waals surface area contributed by atoms with E-state index in [4.69, 9.17) is 14.1 Å². The molecule has 0 bridgehead atoms. The average molecular weight is 627 g/mol. The molecule has 6 rings (SSSR count). The molecular weight excluding hydrogens is 601 g/mol. The summed E-state index contributed by atoms with van der Waals surface area (Å²) in [7, 11) is 0. The molecule has 5 aromatic rings. The number of hydrogen-bond acceptors (Lipinski definition) is 10. The molecule has 1 aliphatic heterocycles. The van der Waals surface area contributed by atoms with E-state index >= 15 is 0 Å². The Morgan fingerprint density at radius 3 is 2.60 bits per heavy atom. The number of rotatable bonds is 8. The molecule has 0 N–H and O–H groups in total. The lowest BCUT2D eigenvalue weighted by Gasteiger charge is -2.26. The summed E-state index contributed by atoms with van der Waals surface area (Å²) in [4.78, 5) is 42.8. The zero-order valence-electron chi connectivity index (χ0n) is 23.5. The third-order valence-electron chi connectivity index (χ3n) is 6.65. The molecule has 0 saturated heterocycles. The Morgan fingerprint density at radius 1 is 1.09 bits per heavy atom. The zero-order valence-corrected chi connectivity index (χ0v) is 26.0. The molecule has 11 heteroatoms. The molecule has 0 fully saturated rings. The first-order valence-corrected chi connectivity index (χ1v) is 16.3. The van der Waals surface area contributed by atoms with Crippen molar-refractivity contribution in [1.82, 2.24) is 14.5 Å². The zero-order chi connectivity index (χ0) is 29.9. The fraction of sp³-hybridized carbons (Fsp3) is 0.156. The lowest BCUT2D eigenvalue weighted by molar-refractivity contribution is -0.138. The molecule has 3 aromatic heterocycles. The van der Waals surface area contributed by atoms with E-state index < -0.39 is 12.0 Å². The van der Waals surface area contributed by atoms with Crippen LogP contribution in [0.15, 0.2) is 114 Å². The minimum atomic E-state index is -0.732. The van der Waals surface area contributed by atoms with Crippen LogP contribution in [0.5, 0.6) is 0 Å². The number of fused-ring (bicyclic) bond motifs is 1. The smallest absolute Gasteiger partial charge is 0.338 e. The molecule has 43 heavy (non-hydrogen) atoms. The number of thiazole rings is 1. The SMILES string of the molecule is CCOC(=O)C1=C(c2ccccc2)N=c2s/c(=C/c3ccc(Sc4nccc(C)n4)o3)c(=O)n2[C@@H]1c1ccc(SC)cc1. The van der Waals surface area contributed by atoms with E-state index in [1.165, 1.54) is 23.1 Å². The molecule has 0 aliphatic carbocycles. The molecule has 0 unspecified atom stereocenters. The van der Waals surface area contributed by atoms with Gasteiger partial charge in [0.05, 0.1) is 28.5 Å². The minimum Gasteiger partial charge on any atom is -0.463 e. The number of aryl methyl sites for hydroxylation is 1. The Kier molecular flexibility index (Phi) is 8.46. The summed E-state index contributed by atoms with van der Waals surface area (Å²) in [5, 5.41) is 1.18. The van der Waals surface area contributed by atoms with E-state index in [0.717, 1.165) is 21.7 Å². The molecule has 0 amide bonds. The minimum absolute atomic E-state index is 0.194. The topological polar surface area (TPSA) is 99.6 Å². The number of aromatic nitrogens is 3. The Labute approximate surface area is 259 Å². The standard InChI is InChI=1S/C32H26N4O4S3/c1-4-39-30(38)26-27(20-8-6-5-7-9-20)35-32-36(28(26)21-10-13-23(41-3)14-11-21)29(37)24(42-32)18-22-12-15-25(40-22)43-31-33-17-16-19(2)34-31/h5-18,28H,4H2,1-3H3/b24-18+/t28-/m1/s1. The summed E-state index contributed by atoms with van der Waals surface area (Å²) in [6.45, 7) is 3.86. The maximum absolute atomic E-state index is 14.1. The van der Waals surface area contributed by atoms with Gasteiger partial charge in [-0.2, -0.15) is 0 Å². The van der Waals surface area contributed by atoms with E-state index in [1.54, 1.807) is 41.6 Å². The highest BCUT2D eigenvalue weighted by Gasteiger charge is 2.35.